The van der Waals surface area contributed by atoms with E-state index in [4.69, 9.17) is 5.73 Å². The van der Waals surface area contributed by atoms with Gasteiger partial charge in [-0.2, -0.15) is 0 Å². The summed E-state index contributed by atoms with van der Waals surface area (Å²) in [6, 6.07) is 11.5. The molecule has 2 aromatic rings. The fourth-order valence-electron chi connectivity index (χ4n) is 2.15. The van der Waals surface area contributed by atoms with Crippen LogP contribution in [-0.2, 0) is 12.0 Å². The van der Waals surface area contributed by atoms with Crippen molar-refractivity contribution < 1.29 is 5.11 Å². The predicted molar refractivity (Wildman–Crippen MR) is 80.7 cm³/mol. The number of halogens is 1. The van der Waals surface area contributed by atoms with Crippen LogP contribution >= 0.6 is 15.9 Å². The molecule has 1 heterocycles. The first-order valence-corrected chi connectivity index (χ1v) is 7.01. The van der Waals surface area contributed by atoms with Gasteiger partial charge in [-0.1, -0.05) is 35.0 Å². The second-order valence-electron chi connectivity index (χ2n) is 4.66. The molecule has 0 saturated heterocycles. The Morgan fingerprint density at radius 1 is 1.32 bits per heavy atom. The molecular formula is C15H17BrN2O. The third-order valence-electron chi connectivity index (χ3n) is 3.29. The Bertz CT molecular complexity index is 574. The zero-order valence-corrected chi connectivity index (χ0v) is 12.4. The molecule has 0 fully saturated rings. The van der Waals surface area contributed by atoms with Crippen LogP contribution in [0.4, 0.5) is 5.82 Å². The van der Waals surface area contributed by atoms with Crippen molar-refractivity contribution in [2.75, 3.05) is 5.73 Å². The van der Waals surface area contributed by atoms with E-state index in [0.717, 1.165) is 15.6 Å². The van der Waals surface area contributed by atoms with Crippen molar-refractivity contribution >= 4 is 21.7 Å². The molecule has 3 N–H and O–H groups in total. The number of aliphatic hydroxyl groups is 1. The number of nitrogens with zero attached hydrogens (tertiary/aromatic N) is 1. The summed E-state index contributed by atoms with van der Waals surface area (Å²) in [4.78, 5) is 3.97. The number of hydrogen-bond donors (Lipinski definition) is 2. The molecule has 0 aliphatic heterocycles. The number of nitrogen functional groups attached to an aromatic ring is 1. The fraction of sp³-hybridized carbons (Fsp3) is 0.267. The maximum atomic E-state index is 10.9. The third-order valence-corrected chi connectivity index (χ3v) is 3.78. The van der Waals surface area contributed by atoms with Crippen molar-refractivity contribution in [1.82, 2.24) is 4.98 Å². The number of aromatic nitrogens is 1. The molecule has 1 atom stereocenters. The van der Waals surface area contributed by atoms with Crippen LogP contribution in [0.15, 0.2) is 47.1 Å². The molecule has 0 bridgehead atoms. The minimum atomic E-state index is -0.891. The van der Waals surface area contributed by atoms with Gasteiger partial charge in [0.2, 0.25) is 0 Å². The number of rotatable bonds is 4. The van der Waals surface area contributed by atoms with Crippen molar-refractivity contribution in [2.45, 2.75) is 25.4 Å². The van der Waals surface area contributed by atoms with Gasteiger partial charge in [-0.05, 0) is 41.8 Å². The van der Waals surface area contributed by atoms with Gasteiger partial charge in [0, 0.05) is 17.1 Å². The lowest BCUT2D eigenvalue weighted by Crippen LogP contribution is -2.27. The van der Waals surface area contributed by atoms with Gasteiger partial charge in [-0.15, -0.1) is 0 Å². The summed E-state index contributed by atoms with van der Waals surface area (Å²) in [7, 11) is 0. The Hall–Kier alpha value is -1.39. The van der Waals surface area contributed by atoms with E-state index in [1.54, 1.807) is 12.3 Å². The first-order valence-electron chi connectivity index (χ1n) is 6.22. The van der Waals surface area contributed by atoms with Gasteiger partial charge in [-0.25, -0.2) is 4.98 Å². The Morgan fingerprint density at radius 3 is 2.74 bits per heavy atom. The van der Waals surface area contributed by atoms with Crippen molar-refractivity contribution in [3.8, 4) is 0 Å². The molecule has 0 amide bonds. The summed E-state index contributed by atoms with van der Waals surface area (Å²) >= 11 is 3.44. The summed E-state index contributed by atoms with van der Waals surface area (Å²) < 4.78 is 0.964. The van der Waals surface area contributed by atoms with Gasteiger partial charge in [0.25, 0.3) is 0 Å². The monoisotopic (exact) mass is 320 g/mol. The topological polar surface area (TPSA) is 59.1 Å². The minimum Gasteiger partial charge on any atom is -0.385 e. The number of nitrogens with two attached hydrogens (primary N) is 1. The van der Waals surface area contributed by atoms with E-state index in [0.29, 0.717) is 18.7 Å². The molecule has 1 aromatic carbocycles. The first-order chi connectivity index (χ1) is 9.03. The first kappa shape index (κ1) is 14.0. The van der Waals surface area contributed by atoms with Crippen LogP contribution in [0.2, 0.25) is 0 Å². The van der Waals surface area contributed by atoms with Crippen LogP contribution in [-0.4, -0.2) is 10.1 Å². The molecule has 19 heavy (non-hydrogen) atoms. The van der Waals surface area contributed by atoms with Crippen LogP contribution in [0, 0.1) is 0 Å². The third kappa shape index (κ3) is 3.33. The summed E-state index contributed by atoms with van der Waals surface area (Å²) in [6.45, 7) is 1.98. The van der Waals surface area contributed by atoms with Gasteiger partial charge < -0.3 is 10.8 Å². The second kappa shape index (κ2) is 5.72. The van der Waals surface area contributed by atoms with Crippen LogP contribution in [0.3, 0.4) is 0 Å². The molecule has 0 aliphatic rings. The van der Waals surface area contributed by atoms with Gasteiger partial charge in [0.15, 0.2) is 0 Å². The Balaban J connectivity index is 2.32. The largest absolute Gasteiger partial charge is 0.385 e. The molecular weight excluding hydrogens is 304 g/mol. The Labute approximate surface area is 121 Å². The molecule has 3 nitrogen and oxygen atoms in total. The summed E-state index contributed by atoms with van der Waals surface area (Å²) in [5.74, 6) is 0.477. The highest BCUT2D eigenvalue weighted by Crippen LogP contribution is 2.31. The summed E-state index contributed by atoms with van der Waals surface area (Å²) in [5, 5.41) is 10.9. The normalized spacial score (nSPS) is 14.1. The number of hydrogen-bond acceptors (Lipinski definition) is 3. The van der Waals surface area contributed by atoms with Gasteiger partial charge in [0.1, 0.15) is 5.82 Å². The molecule has 1 unspecified atom stereocenters. The van der Waals surface area contributed by atoms with Crippen molar-refractivity contribution in [1.29, 1.82) is 0 Å². The second-order valence-corrected chi connectivity index (χ2v) is 5.58. The van der Waals surface area contributed by atoms with Crippen molar-refractivity contribution in [2.24, 2.45) is 0 Å². The predicted octanol–water partition coefficient (Wildman–Crippen LogP) is 3.27. The van der Waals surface area contributed by atoms with Crippen LogP contribution in [0.25, 0.3) is 0 Å². The lowest BCUT2D eigenvalue weighted by molar-refractivity contribution is 0.0327. The van der Waals surface area contributed by atoms with E-state index < -0.39 is 5.60 Å². The zero-order chi connectivity index (χ0) is 13.9. The number of benzene rings is 1. The smallest absolute Gasteiger partial charge is 0.123 e. The van der Waals surface area contributed by atoms with Crippen LogP contribution in [0.5, 0.6) is 0 Å². The number of anilines is 1. The molecule has 1 aromatic heterocycles. The molecule has 4 heteroatoms. The Kier molecular flexibility index (Phi) is 4.22. The van der Waals surface area contributed by atoms with E-state index in [-0.39, 0.29) is 0 Å². The molecule has 2 rings (SSSR count). The number of pyridine rings is 1. The molecule has 0 radical (unpaired) electrons. The van der Waals surface area contributed by atoms with E-state index in [2.05, 4.69) is 20.9 Å². The van der Waals surface area contributed by atoms with Crippen molar-refractivity contribution in [3.05, 3.63) is 58.2 Å². The quantitative estimate of drug-likeness (QED) is 0.909. The highest BCUT2D eigenvalue weighted by Gasteiger charge is 2.27. The van der Waals surface area contributed by atoms with Gasteiger partial charge in [-0.3, -0.25) is 0 Å². The van der Waals surface area contributed by atoms with Crippen molar-refractivity contribution in [3.63, 3.8) is 0 Å². The summed E-state index contributed by atoms with van der Waals surface area (Å²) in [5.41, 5.74) is 6.68. The lowest BCUT2D eigenvalue weighted by Gasteiger charge is -2.28. The zero-order valence-electron chi connectivity index (χ0n) is 10.8. The molecule has 0 spiro atoms. The molecule has 0 saturated carbocycles. The molecule has 100 valence electrons. The minimum absolute atomic E-state index is 0.477. The SMILES string of the molecule is CCC(O)(Cc1ccnc(N)c1)c1cccc(Br)c1. The highest BCUT2D eigenvalue weighted by atomic mass is 79.9. The van der Waals surface area contributed by atoms with E-state index in [1.165, 1.54) is 0 Å². The maximum absolute atomic E-state index is 10.9. The average Bonchev–Trinajstić information content (AvgIpc) is 2.38. The highest BCUT2D eigenvalue weighted by molar-refractivity contribution is 9.10. The Morgan fingerprint density at radius 2 is 2.11 bits per heavy atom. The van der Waals surface area contributed by atoms with Gasteiger partial charge in [0.05, 0.1) is 5.60 Å². The average molecular weight is 321 g/mol. The fourth-order valence-corrected chi connectivity index (χ4v) is 2.55. The standard InChI is InChI=1S/C15H17BrN2O/c1-2-15(19,12-4-3-5-13(16)9-12)10-11-6-7-18-14(17)8-11/h3-9,19H,2,10H2,1H3,(H2,17,18). The van der Waals surface area contributed by atoms with Crippen LogP contribution < -0.4 is 5.73 Å². The maximum Gasteiger partial charge on any atom is 0.123 e. The van der Waals surface area contributed by atoms with Gasteiger partial charge >= 0.3 is 0 Å². The van der Waals surface area contributed by atoms with E-state index in [9.17, 15) is 5.11 Å². The molecule has 0 aliphatic carbocycles. The van der Waals surface area contributed by atoms with Crippen LogP contribution in [0.1, 0.15) is 24.5 Å². The lowest BCUT2D eigenvalue weighted by atomic mass is 9.85. The summed E-state index contributed by atoms with van der Waals surface area (Å²) in [6.07, 6.45) is 2.82. The van der Waals surface area contributed by atoms with E-state index >= 15 is 0 Å². The van der Waals surface area contributed by atoms with E-state index in [1.807, 2.05) is 37.3 Å².